The number of nitrogens with one attached hydrogen (secondary N) is 1. The molecule has 2 aromatic carbocycles. The van der Waals surface area contributed by atoms with Crippen LogP contribution < -0.4 is 5.32 Å². The number of aryl methyl sites for hydroxylation is 1. The number of hydrogen-bond acceptors (Lipinski definition) is 2. The van der Waals surface area contributed by atoms with Crippen LogP contribution in [0.5, 0.6) is 0 Å². The van der Waals surface area contributed by atoms with Gasteiger partial charge < -0.3 is 5.32 Å². The van der Waals surface area contributed by atoms with E-state index in [1.165, 1.54) is 12.1 Å². The van der Waals surface area contributed by atoms with E-state index in [0.717, 1.165) is 16.8 Å². The van der Waals surface area contributed by atoms with Gasteiger partial charge in [0.25, 0.3) is 0 Å². The van der Waals surface area contributed by atoms with Crippen molar-refractivity contribution in [1.29, 1.82) is 5.26 Å². The van der Waals surface area contributed by atoms with Gasteiger partial charge in [-0.2, -0.15) is 5.26 Å². The number of benzene rings is 2. The first-order valence-electron chi connectivity index (χ1n) is 5.68. The predicted octanol–water partition coefficient (Wildman–Crippen LogP) is 3.62. The molecule has 0 amide bonds. The molecule has 0 saturated carbocycles. The van der Waals surface area contributed by atoms with E-state index >= 15 is 0 Å². The maximum Gasteiger partial charge on any atom is 0.125 e. The van der Waals surface area contributed by atoms with Crippen molar-refractivity contribution in [1.82, 2.24) is 0 Å². The number of rotatable bonds is 3. The third kappa shape index (κ3) is 2.86. The van der Waals surface area contributed by atoms with E-state index in [-0.39, 0.29) is 5.82 Å². The maximum absolute atomic E-state index is 13.2. The summed E-state index contributed by atoms with van der Waals surface area (Å²) in [7, 11) is 0. The largest absolute Gasteiger partial charge is 0.381 e. The number of nitrogens with zero attached hydrogens (tertiary/aromatic N) is 1. The lowest BCUT2D eigenvalue weighted by atomic mass is 10.1. The molecular weight excluding hydrogens is 227 g/mol. The summed E-state index contributed by atoms with van der Waals surface area (Å²) in [5.41, 5.74) is 3.13. The van der Waals surface area contributed by atoms with E-state index in [1.54, 1.807) is 6.07 Å². The lowest BCUT2D eigenvalue weighted by Crippen LogP contribution is -2.02. The molecule has 0 bridgehead atoms. The van der Waals surface area contributed by atoms with Gasteiger partial charge in [0.2, 0.25) is 0 Å². The summed E-state index contributed by atoms with van der Waals surface area (Å²) >= 11 is 0. The fourth-order valence-electron chi connectivity index (χ4n) is 1.82. The number of halogens is 1. The Hall–Kier alpha value is -2.34. The average Bonchev–Trinajstić information content (AvgIpc) is 2.35. The van der Waals surface area contributed by atoms with E-state index < -0.39 is 0 Å². The van der Waals surface area contributed by atoms with Gasteiger partial charge in [0.05, 0.1) is 11.6 Å². The van der Waals surface area contributed by atoms with Gasteiger partial charge in [-0.05, 0) is 42.3 Å². The first kappa shape index (κ1) is 12.1. The van der Waals surface area contributed by atoms with Crippen LogP contribution in [0.15, 0.2) is 42.5 Å². The molecule has 1 N–H and O–H groups in total. The third-order valence-corrected chi connectivity index (χ3v) is 2.66. The first-order chi connectivity index (χ1) is 8.69. The van der Waals surface area contributed by atoms with E-state index in [2.05, 4.69) is 11.4 Å². The van der Waals surface area contributed by atoms with Crippen LogP contribution in [0.4, 0.5) is 10.1 Å². The van der Waals surface area contributed by atoms with Crippen molar-refractivity contribution in [2.24, 2.45) is 0 Å². The zero-order valence-corrected chi connectivity index (χ0v) is 10.1. The second-order valence-corrected chi connectivity index (χ2v) is 4.14. The summed E-state index contributed by atoms with van der Waals surface area (Å²) in [6.07, 6.45) is 0. The van der Waals surface area contributed by atoms with Gasteiger partial charge in [-0.25, -0.2) is 4.39 Å². The zero-order chi connectivity index (χ0) is 13.0. The Balaban J connectivity index is 2.14. The highest BCUT2D eigenvalue weighted by Crippen LogP contribution is 2.15. The van der Waals surface area contributed by atoms with E-state index in [9.17, 15) is 4.39 Å². The van der Waals surface area contributed by atoms with Gasteiger partial charge in [-0.3, -0.25) is 0 Å². The zero-order valence-electron chi connectivity index (χ0n) is 10.1. The van der Waals surface area contributed by atoms with E-state index in [1.807, 2.05) is 31.2 Å². The molecule has 90 valence electrons. The Morgan fingerprint density at radius 1 is 1.22 bits per heavy atom. The Labute approximate surface area is 106 Å². The summed E-state index contributed by atoms with van der Waals surface area (Å²) in [4.78, 5) is 0. The molecule has 0 aliphatic rings. The van der Waals surface area contributed by atoms with Crippen LogP contribution in [0.25, 0.3) is 0 Å². The summed E-state index contributed by atoms with van der Waals surface area (Å²) in [6, 6.07) is 14.3. The smallest absolute Gasteiger partial charge is 0.125 e. The van der Waals surface area contributed by atoms with Crippen LogP contribution in [0, 0.1) is 24.1 Å². The average molecular weight is 240 g/mol. The summed E-state index contributed by atoms with van der Waals surface area (Å²) in [6.45, 7) is 2.35. The first-order valence-corrected chi connectivity index (χ1v) is 5.68. The molecule has 0 heterocycles. The number of nitriles is 1. The Morgan fingerprint density at radius 2 is 2.00 bits per heavy atom. The molecule has 0 spiro atoms. The molecule has 0 aliphatic carbocycles. The van der Waals surface area contributed by atoms with Gasteiger partial charge in [-0.15, -0.1) is 0 Å². The molecule has 0 fully saturated rings. The van der Waals surface area contributed by atoms with Gasteiger partial charge in [0.1, 0.15) is 5.82 Å². The minimum atomic E-state index is -0.258. The normalized spacial score (nSPS) is 9.83. The monoisotopic (exact) mass is 240 g/mol. The van der Waals surface area contributed by atoms with Crippen molar-refractivity contribution < 1.29 is 4.39 Å². The van der Waals surface area contributed by atoms with E-state index in [4.69, 9.17) is 5.26 Å². The lowest BCUT2D eigenvalue weighted by Gasteiger charge is -2.08. The predicted molar refractivity (Wildman–Crippen MR) is 69.6 cm³/mol. The summed E-state index contributed by atoms with van der Waals surface area (Å²) in [5, 5.41) is 12.1. The Bertz CT molecular complexity index is 579. The van der Waals surface area contributed by atoms with Gasteiger partial charge in [0, 0.05) is 12.2 Å². The standard InChI is InChI=1S/C15H13FN2/c1-11-6-14(16)8-15(7-11)18-10-13-5-3-2-4-12(13)9-17/h2-8,18H,10H2,1H3. The number of hydrogen-bond donors (Lipinski definition) is 1. The third-order valence-electron chi connectivity index (χ3n) is 2.66. The van der Waals surface area contributed by atoms with E-state index in [0.29, 0.717) is 12.1 Å². The second kappa shape index (κ2) is 5.33. The molecule has 0 aliphatic heterocycles. The van der Waals surface area contributed by atoms with Gasteiger partial charge >= 0.3 is 0 Å². The van der Waals surface area contributed by atoms with Crippen LogP contribution in [-0.2, 0) is 6.54 Å². The minimum Gasteiger partial charge on any atom is -0.381 e. The molecule has 2 nitrogen and oxygen atoms in total. The Kier molecular flexibility index (Phi) is 3.59. The van der Waals surface area contributed by atoms with Crippen LogP contribution >= 0.6 is 0 Å². The lowest BCUT2D eigenvalue weighted by molar-refractivity contribution is 0.627. The van der Waals surface area contributed by atoms with Crippen LogP contribution in [-0.4, -0.2) is 0 Å². The van der Waals surface area contributed by atoms with Gasteiger partial charge in [-0.1, -0.05) is 18.2 Å². The molecule has 0 saturated heterocycles. The SMILES string of the molecule is Cc1cc(F)cc(NCc2ccccc2C#N)c1. The number of anilines is 1. The molecule has 3 heteroatoms. The van der Waals surface area contributed by atoms with Crippen molar-refractivity contribution in [3.05, 3.63) is 65.0 Å². The summed E-state index contributed by atoms with van der Waals surface area (Å²) < 4.78 is 13.2. The van der Waals surface area contributed by atoms with Crippen LogP contribution in [0.2, 0.25) is 0 Å². The molecule has 0 unspecified atom stereocenters. The fourth-order valence-corrected chi connectivity index (χ4v) is 1.82. The highest BCUT2D eigenvalue weighted by Gasteiger charge is 2.02. The minimum absolute atomic E-state index is 0.258. The van der Waals surface area contributed by atoms with Crippen molar-refractivity contribution in [3.8, 4) is 6.07 Å². The molecule has 0 radical (unpaired) electrons. The quantitative estimate of drug-likeness (QED) is 0.889. The highest BCUT2D eigenvalue weighted by molar-refractivity contribution is 5.48. The second-order valence-electron chi connectivity index (χ2n) is 4.14. The van der Waals surface area contributed by atoms with Gasteiger partial charge in [0.15, 0.2) is 0 Å². The maximum atomic E-state index is 13.2. The van der Waals surface area contributed by atoms with Crippen LogP contribution in [0.1, 0.15) is 16.7 Å². The summed E-state index contributed by atoms with van der Waals surface area (Å²) in [5.74, 6) is -0.258. The van der Waals surface area contributed by atoms with Crippen LogP contribution in [0.3, 0.4) is 0 Å². The van der Waals surface area contributed by atoms with Crippen molar-refractivity contribution in [2.75, 3.05) is 5.32 Å². The molecule has 18 heavy (non-hydrogen) atoms. The Morgan fingerprint density at radius 3 is 2.72 bits per heavy atom. The highest BCUT2D eigenvalue weighted by atomic mass is 19.1. The molecule has 2 rings (SSSR count). The fraction of sp³-hybridized carbons (Fsp3) is 0.133. The topological polar surface area (TPSA) is 35.8 Å². The van der Waals surface area contributed by atoms with Crippen molar-refractivity contribution in [3.63, 3.8) is 0 Å². The molecule has 0 aromatic heterocycles. The van der Waals surface area contributed by atoms with Crippen molar-refractivity contribution in [2.45, 2.75) is 13.5 Å². The molecule has 0 atom stereocenters. The van der Waals surface area contributed by atoms with Crippen molar-refractivity contribution >= 4 is 5.69 Å². The molecule has 2 aromatic rings. The molecular formula is C15H13FN2.